The number of halogens is 1. The normalized spacial score (nSPS) is 10.9. The predicted molar refractivity (Wildman–Crippen MR) is 106 cm³/mol. The lowest BCUT2D eigenvalue weighted by Gasteiger charge is -2.03. The topological polar surface area (TPSA) is 99.2 Å². The minimum Gasteiger partial charge on any atom is -0.481 e. The van der Waals surface area contributed by atoms with Crippen LogP contribution in [0.2, 0.25) is 5.02 Å². The zero-order valence-electron chi connectivity index (χ0n) is 16.1. The summed E-state index contributed by atoms with van der Waals surface area (Å²) in [4.78, 5) is 22.0. The van der Waals surface area contributed by atoms with Crippen molar-refractivity contribution in [3.05, 3.63) is 58.6 Å². The van der Waals surface area contributed by atoms with Crippen LogP contribution in [0.4, 0.5) is 0 Å². The molecule has 9 heteroatoms. The maximum Gasteiger partial charge on any atom is 0.306 e. The van der Waals surface area contributed by atoms with Gasteiger partial charge in [-0.25, -0.2) is 0 Å². The highest BCUT2D eigenvalue weighted by atomic mass is 35.5. The molecular formula is C20H21ClN4O4. The summed E-state index contributed by atoms with van der Waals surface area (Å²) in [5.41, 5.74) is 4.51. The van der Waals surface area contributed by atoms with Gasteiger partial charge in [0.1, 0.15) is 12.3 Å². The number of carboxylic acid groups (broad SMARTS) is 1. The molecular weight excluding hydrogens is 396 g/mol. The van der Waals surface area contributed by atoms with E-state index in [4.69, 9.17) is 21.4 Å². The number of rotatable bonds is 8. The average Bonchev–Trinajstić information content (AvgIpc) is 3.28. The summed E-state index contributed by atoms with van der Waals surface area (Å²) in [6, 6.07) is 7.68. The lowest BCUT2D eigenvalue weighted by Crippen LogP contribution is -2.08. The van der Waals surface area contributed by atoms with Crippen molar-refractivity contribution in [2.75, 3.05) is 0 Å². The third kappa shape index (κ3) is 5.45. The van der Waals surface area contributed by atoms with Crippen LogP contribution in [-0.2, 0) is 34.5 Å². The third-order valence-corrected chi connectivity index (χ3v) is 4.82. The summed E-state index contributed by atoms with van der Waals surface area (Å²) in [5.74, 6) is -1.59. The van der Waals surface area contributed by atoms with Gasteiger partial charge in [0.05, 0.1) is 31.3 Å². The molecule has 0 saturated carbocycles. The predicted octanol–water partition coefficient (Wildman–Crippen LogP) is 3.20. The van der Waals surface area contributed by atoms with Crippen LogP contribution in [0.15, 0.2) is 36.7 Å². The molecule has 2 aromatic heterocycles. The van der Waals surface area contributed by atoms with Crippen LogP contribution in [-0.4, -0.2) is 36.6 Å². The molecule has 0 radical (unpaired) electrons. The Kier molecular flexibility index (Phi) is 6.33. The summed E-state index contributed by atoms with van der Waals surface area (Å²) in [7, 11) is 1.80. The second kappa shape index (κ2) is 8.91. The van der Waals surface area contributed by atoms with Gasteiger partial charge in [-0.1, -0.05) is 17.7 Å². The van der Waals surface area contributed by atoms with Crippen molar-refractivity contribution in [3.8, 4) is 11.1 Å². The van der Waals surface area contributed by atoms with Crippen LogP contribution < -0.4 is 0 Å². The molecule has 0 aliphatic carbocycles. The van der Waals surface area contributed by atoms with E-state index in [1.54, 1.807) is 22.6 Å². The van der Waals surface area contributed by atoms with Gasteiger partial charge in [0.25, 0.3) is 0 Å². The minimum atomic E-state index is -1.03. The molecule has 0 spiro atoms. The maximum atomic E-state index is 11.5. The SMILES string of the molecule is Cc1cc(-c2cnn(Cc3cc(COC(=O)CCC(=O)O)nn3C)c2)ccc1Cl. The Bertz CT molecular complexity index is 1040. The zero-order valence-corrected chi connectivity index (χ0v) is 16.9. The zero-order chi connectivity index (χ0) is 21.0. The molecule has 2 heterocycles. The van der Waals surface area contributed by atoms with Crippen molar-refractivity contribution in [3.63, 3.8) is 0 Å². The first-order valence-electron chi connectivity index (χ1n) is 9.00. The second-order valence-electron chi connectivity index (χ2n) is 6.70. The van der Waals surface area contributed by atoms with Crippen LogP contribution in [0.1, 0.15) is 29.8 Å². The molecule has 1 N–H and O–H groups in total. The van der Waals surface area contributed by atoms with Gasteiger partial charge >= 0.3 is 11.9 Å². The van der Waals surface area contributed by atoms with Crippen LogP contribution in [0, 0.1) is 6.92 Å². The van der Waals surface area contributed by atoms with E-state index in [1.807, 2.05) is 37.4 Å². The summed E-state index contributed by atoms with van der Waals surface area (Å²) in [6.45, 7) is 2.46. The van der Waals surface area contributed by atoms with E-state index in [2.05, 4.69) is 10.2 Å². The Balaban J connectivity index is 1.62. The van der Waals surface area contributed by atoms with E-state index in [9.17, 15) is 9.59 Å². The number of carbonyl (C=O) groups excluding carboxylic acids is 1. The first-order valence-corrected chi connectivity index (χ1v) is 9.38. The monoisotopic (exact) mass is 416 g/mol. The van der Waals surface area contributed by atoms with E-state index in [-0.39, 0.29) is 19.4 Å². The molecule has 0 aliphatic rings. The van der Waals surface area contributed by atoms with Crippen molar-refractivity contribution < 1.29 is 19.4 Å². The molecule has 0 aliphatic heterocycles. The molecule has 152 valence electrons. The van der Waals surface area contributed by atoms with Gasteiger partial charge < -0.3 is 9.84 Å². The average molecular weight is 417 g/mol. The second-order valence-corrected chi connectivity index (χ2v) is 7.10. The Hall–Kier alpha value is -3.13. The number of hydrogen-bond donors (Lipinski definition) is 1. The fourth-order valence-electron chi connectivity index (χ4n) is 2.81. The smallest absolute Gasteiger partial charge is 0.306 e. The highest BCUT2D eigenvalue weighted by Gasteiger charge is 2.11. The molecule has 0 atom stereocenters. The first-order chi connectivity index (χ1) is 13.8. The Morgan fingerprint density at radius 3 is 2.72 bits per heavy atom. The maximum absolute atomic E-state index is 11.5. The number of aromatic nitrogens is 4. The number of ether oxygens (including phenoxy) is 1. The molecule has 29 heavy (non-hydrogen) atoms. The molecule has 3 rings (SSSR count). The van der Waals surface area contributed by atoms with Crippen LogP contribution in [0.5, 0.6) is 0 Å². The van der Waals surface area contributed by atoms with Gasteiger partial charge in [0.15, 0.2) is 0 Å². The van der Waals surface area contributed by atoms with Crippen molar-refractivity contribution in [2.24, 2.45) is 7.05 Å². The van der Waals surface area contributed by atoms with E-state index in [0.29, 0.717) is 12.2 Å². The molecule has 0 unspecified atom stereocenters. The highest BCUT2D eigenvalue weighted by Crippen LogP contribution is 2.24. The number of nitrogens with zero attached hydrogens (tertiary/aromatic N) is 4. The molecule has 1 aromatic carbocycles. The molecule has 8 nitrogen and oxygen atoms in total. The molecule has 3 aromatic rings. The summed E-state index contributed by atoms with van der Waals surface area (Å²) in [5, 5.41) is 18.1. The molecule has 0 saturated heterocycles. The van der Waals surface area contributed by atoms with E-state index < -0.39 is 11.9 Å². The van der Waals surface area contributed by atoms with Crippen LogP contribution >= 0.6 is 11.6 Å². The largest absolute Gasteiger partial charge is 0.481 e. The lowest BCUT2D eigenvalue weighted by atomic mass is 10.1. The summed E-state index contributed by atoms with van der Waals surface area (Å²) >= 11 is 6.09. The minimum absolute atomic E-state index is 0.000696. The first kappa shape index (κ1) is 20.6. The highest BCUT2D eigenvalue weighted by molar-refractivity contribution is 6.31. The van der Waals surface area contributed by atoms with Crippen molar-refractivity contribution in [1.29, 1.82) is 0 Å². The quantitative estimate of drug-likeness (QED) is 0.566. The van der Waals surface area contributed by atoms with Gasteiger partial charge in [-0.05, 0) is 36.2 Å². The lowest BCUT2D eigenvalue weighted by molar-refractivity contribution is -0.148. The Labute approximate surface area is 172 Å². The van der Waals surface area contributed by atoms with Crippen LogP contribution in [0.25, 0.3) is 11.1 Å². The fraction of sp³-hybridized carbons (Fsp3) is 0.300. The van der Waals surface area contributed by atoms with E-state index in [0.717, 1.165) is 27.4 Å². The number of hydrogen-bond acceptors (Lipinski definition) is 5. The number of carboxylic acids is 1. The number of benzene rings is 1. The van der Waals surface area contributed by atoms with Gasteiger partial charge in [0.2, 0.25) is 0 Å². The third-order valence-electron chi connectivity index (χ3n) is 4.40. The van der Waals surface area contributed by atoms with Gasteiger partial charge in [-0.2, -0.15) is 10.2 Å². The summed E-state index contributed by atoms with van der Waals surface area (Å²) < 4.78 is 8.58. The van der Waals surface area contributed by atoms with Gasteiger partial charge in [-0.3, -0.25) is 19.0 Å². The number of aryl methyl sites for hydroxylation is 2. The van der Waals surface area contributed by atoms with Crippen molar-refractivity contribution in [1.82, 2.24) is 19.6 Å². The fourth-order valence-corrected chi connectivity index (χ4v) is 2.93. The standard InChI is InChI=1S/C20H21ClN4O4/c1-13-7-14(3-4-18(13)21)15-9-22-25(10-15)11-17-8-16(23-24(17)2)12-29-20(28)6-5-19(26)27/h3-4,7-10H,5-6,11-12H2,1-2H3,(H,26,27). The van der Waals surface area contributed by atoms with Crippen LogP contribution in [0.3, 0.4) is 0 Å². The van der Waals surface area contributed by atoms with Gasteiger partial charge in [-0.15, -0.1) is 0 Å². The van der Waals surface area contributed by atoms with E-state index >= 15 is 0 Å². The van der Waals surface area contributed by atoms with Gasteiger partial charge in [0, 0.05) is 23.8 Å². The molecule has 0 bridgehead atoms. The Morgan fingerprint density at radius 2 is 2.00 bits per heavy atom. The summed E-state index contributed by atoms with van der Waals surface area (Å²) in [6.07, 6.45) is 3.34. The number of esters is 1. The van der Waals surface area contributed by atoms with E-state index in [1.165, 1.54) is 0 Å². The number of carbonyl (C=O) groups is 2. The number of aliphatic carboxylic acids is 1. The molecule has 0 fully saturated rings. The molecule has 0 amide bonds. The van der Waals surface area contributed by atoms with Crippen molar-refractivity contribution in [2.45, 2.75) is 32.9 Å². The van der Waals surface area contributed by atoms with Crippen molar-refractivity contribution >= 4 is 23.5 Å². The Morgan fingerprint density at radius 1 is 1.21 bits per heavy atom.